The first-order valence-electron chi connectivity index (χ1n) is 3.52. The van der Waals surface area contributed by atoms with Gasteiger partial charge in [0.2, 0.25) is 0 Å². The Morgan fingerprint density at radius 2 is 2.18 bits per heavy atom. The molecule has 0 amide bonds. The second-order valence-corrected chi connectivity index (χ2v) is 2.36. The monoisotopic (exact) mass is 159 g/mol. The summed E-state index contributed by atoms with van der Waals surface area (Å²) in [6.07, 6.45) is 0. The van der Waals surface area contributed by atoms with Gasteiger partial charge in [-0.15, -0.1) is 0 Å². The van der Waals surface area contributed by atoms with Gasteiger partial charge < -0.3 is 9.94 Å². The highest BCUT2D eigenvalue weighted by atomic mass is 16.5. The van der Waals surface area contributed by atoms with Gasteiger partial charge in [0.1, 0.15) is 0 Å². The minimum atomic E-state index is -0.551. The van der Waals surface area contributed by atoms with Gasteiger partial charge in [-0.05, 0) is 6.92 Å². The van der Waals surface area contributed by atoms with E-state index in [0.29, 0.717) is 6.61 Å². The maximum Gasteiger partial charge on any atom is 0.356 e. The van der Waals surface area contributed by atoms with E-state index in [4.69, 9.17) is 5.21 Å². The molecule has 0 heterocycles. The van der Waals surface area contributed by atoms with Crippen LogP contribution < -0.4 is 0 Å². The molecular formula is C7H13NO3. The van der Waals surface area contributed by atoms with Crippen molar-refractivity contribution in [2.45, 2.75) is 20.8 Å². The Morgan fingerprint density at radius 3 is 2.45 bits per heavy atom. The highest BCUT2D eigenvalue weighted by molar-refractivity contribution is 6.36. The van der Waals surface area contributed by atoms with Crippen LogP contribution in [0.2, 0.25) is 0 Å². The number of carbonyl (C=O) groups is 1. The molecule has 11 heavy (non-hydrogen) atoms. The first-order valence-corrected chi connectivity index (χ1v) is 3.52. The summed E-state index contributed by atoms with van der Waals surface area (Å²) in [4.78, 5) is 10.9. The van der Waals surface area contributed by atoms with Crippen LogP contribution in [0.5, 0.6) is 0 Å². The van der Waals surface area contributed by atoms with Crippen LogP contribution in [0.15, 0.2) is 5.16 Å². The molecule has 0 radical (unpaired) electrons. The van der Waals surface area contributed by atoms with Crippen molar-refractivity contribution in [3.8, 4) is 0 Å². The largest absolute Gasteiger partial charge is 0.461 e. The first kappa shape index (κ1) is 9.94. The number of carbonyl (C=O) groups excluding carboxylic acids is 1. The lowest BCUT2D eigenvalue weighted by molar-refractivity contribution is -0.135. The lowest BCUT2D eigenvalue weighted by Crippen LogP contribution is -2.22. The quantitative estimate of drug-likeness (QED) is 0.289. The van der Waals surface area contributed by atoms with Gasteiger partial charge in [-0.25, -0.2) is 4.79 Å². The molecule has 64 valence electrons. The minimum Gasteiger partial charge on any atom is -0.461 e. The van der Waals surface area contributed by atoms with E-state index in [1.165, 1.54) is 0 Å². The maximum atomic E-state index is 10.9. The van der Waals surface area contributed by atoms with Crippen molar-refractivity contribution in [3.05, 3.63) is 0 Å². The average molecular weight is 159 g/mol. The number of ether oxygens (including phenoxy) is 1. The molecule has 0 aliphatic rings. The van der Waals surface area contributed by atoms with Crippen molar-refractivity contribution in [1.29, 1.82) is 0 Å². The first-order chi connectivity index (χ1) is 5.13. The SMILES string of the molecule is CCOC(=O)/C(=N/O)C(C)C. The number of esters is 1. The molecule has 0 aromatic carbocycles. The van der Waals surface area contributed by atoms with Gasteiger partial charge in [0.15, 0.2) is 5.71 Å². The molecule has 0 fully saturated rings. The Labute approximate surface area is 65.8 Å². The van der Waals surface area contributed by atoms with Gasteiger partial charge >= 0.3 is 5.97 Å². The van der Waals surface area contributed by atoms with Gasteiger partial charge in [0.05, 0.1) is 6.61 Å². The third-order valence-electron chi connectivity index (χ3n) is 1.14. The fraction of sp³-hybridized carbons (Fsp3) is 0.714. The molecule has 1 N–H and O–H groups in total. The Morgan fingerprint density at radius 1 is 1.64 bits per heavy atom. The molecule has 0 saturated carbocycles. The second kappa shape index (κ2) is 4.71. The van der Waals surface area contributed by atoms with E-state index in [1.54, 1.807) is 20.8 Å². The minimum absolute atomic E-state index is 0.0619. The van der Waals surface area contributed by atoms with Crippen molar-refractivity contribution in [3.63, 3.8) is 0 Å². The summed E-state index contributed by atoms with van der Waals surface area (Å²) in [6.45, 7) is 5.51. The second-order valence-electron chi connectivity index (χ2n) is 2.36. The van der Waals surface area contributed by atoms with E-state index in [0.717, 1.165) is 0 Å². The number of oxime groups is 1. The number of hydrogen-bond donors (Lipinski definition) is 1. The normalized spacial score (nSPS) is 11.8. The van der Waals surface area contributed by atoms with E-state index in [1.807, 2.05) is 0 Å². The third kappa shape index (κ3) is 3.02. The van der Waals surface area contributed by atoms with E-state index in [-0.39, 0.29) is 11.6 Å². The highest BCUT2D eigenvalue weighted by Crippen LogP contribution is 1.98. The highest BCUT2D eigenvalue weighted by Gasteiger charge is 2.16. The van der Waals surface area contributed by atoms with Crippen molar-refractivity contribution in [1.82, 2.24) is 0 Å². The smallest absolute Gasteiger partial charge is 0.356 e. The molecule has 0 unspecified atom stereocenters. The molecule has 0 aromatic rings. The summed E-state index contributed by atoms with van der Waals surface area (Å²) < 4.78 is 4.63. The van der Waals surface area contributed by atoms with Crippen LogP contribution in [-0.2, 0) is 9.53 Å². The van der Waals surface area contributed by atoms with Crippen molar-refractivity contribution < 1.29 is 14.7 Å². The summed E-state index contributed by atoms with van der Waals surface area (Å²) in [5.41, 5.74) is 0.0619. The lowest BCUT2D eigenvalue weighted by atomic mass is 10.1. The van der Waals surface area contributed by atoms with Crippen LogP contribution in [0.25, 0.3) is 0 Å². The fourth-order valence-corrected chi connectivity index (χ4v) is 0.597. The number of hydrogen-bond acceptors (Lipinski definition) is 4. The summed E-state index contributed by atoms with van der Waals surface area (Å²) in [6, 6.07) is 0. The van der Waals surface area contributed by atoms with E-state index in [9.17, 15) is 4.79 Å². The van der Waals surface area contributed by atoms with Gasteiger partial charge in [-0.2, -0.15) is 0 Å². The van der Waals surface area contributed by atoms with Crippen LogP contribution in [-0.4, -0.2) is 23.5 Å². The molecule has 0 rings (SSSR count). The summed E-state index contributed by atoms with van der Waals surface area (Å²) in [5.74, 6) is -0.663. The van der Waals surface area contributed by atoms with E-state index >= 15 is 0 Å². The molecule has 0 atom stereocenters. The zero-order chi connectivity index (χ0) is 8.85. The molecule has 0 spiro atoms. The fourth-order valence-electron chi connectivity index (χ4n) is 0.597. The molecular weight excluding hydrogens is 146 g/mol. The topological polar surface area (TPSA) is 58.9 Å². The Bertz CT molecular complexity index is 163. The van der Waals surface area contributed by atoms with Crippen LogP contribution in [0.1, 0.15) is 20.8 Å². The summed E-state index contributed by atoms with van der Waals surface area (Å²) in [7, 11) is 0. The van der Waals surface area contributed by atoms with Crippen LogP contribution >= 0.6 is 0 Å². The van der Waals surface area contributed by atoms with Crippen LogP contribution in [0, 0.1) is 5.92 Å². The Kier molecular flexibility index (Phi) is 4.26. The summed E-state index contributed by atoms with van der Waals surface area (Å²) >= 11 is 0. The van der Waals surface area contributed by atoms with Gasteiger partial charge in [0.25, 0.3) is 0 Å². The summed E-state index contributed by atoms with van der Waals surface area (Å²) in [5, 5.41) is 11.2. The molecule has 4 nitrogen and oxygen atoms in total. The van der Waals surface area contributed by atoms with Gasteiger partial charge in [-0.1, -0.05) is 19.0 Å². The van der Waals surface area contributed by atoms with Crippen molar-refractivity contribution >= 4 is 11.7 Å². The molecule has 4 heteroatoms. The Hall–Kier alpha value is -1.06. The zero-order valence-corrected chi connectivity index (χ0v) is 7.00. The molecule has 0 aromatic heterocycles. The maximum absolute atomic E-state index is 10.9. The molecule has 0 aliphatic carbocycles. The predicted molar refractivity (Wildman–Crippen MR) is 40.7 cm³/mol. The van der Waals surface area contributed by atoms with E-state index in [2.05, 4.69) is 9.89 Å². The van der Waals surface area contributed by atoms with Gasteiger partial charge in [-0.3, -0.25) is 0 Å². The number of rotatable bonds is 3. The van der Waals surface area contributed by atoms with E-state index < -0.39 is 5.97 Å². The standard InChI is InChI=1S/C7H13NO3/c1-4-11-7(9)6(8-10)5(2)3/h5,10H,4H2,1-3H3/b8-6+. The lowest BCUT2D eigenvalue weighted by Gasteiger charge is -2.05. The molecule has 0 bridgehead atoms. The van der Waals surface area contributed by atoms with Crippen LogP contribution in [0.4, 0.5) is 0 Å². The van der Waals surface area contributed by atoms with Crippen molar-refractivity contribution in [2.75, 3.05) is 6.61 Å². The van der Waals surface area contributed by atoms with Crippen molar-refractivity contribution in [2.24, 2.45) is 11.1 Å². The average Bonchev–Trinajstić information content (AvgIpc) is 1.88. The zero-order valence-electron chi connectivity index (χ0n) is 7.00. The predicted octanol–water partition coefficient (Wildman–Crippen LogP) is 1.04. The van der Waals surface area contributed by atoms with Gasteiger partial charge in [0, 0.05) is 5.92 Å². The third-order valence-corrected chi connectivity index (χ3v) is 1.14. The molecule has 0 saturated heterocycles. The Balaban J connectivity index is 4.17. The van der Waals surface area contributed by atoms with Crippen LogP contribution in [0.3, 0.4) is 0 Å². The number of nitrogens with zero attached hydrogens (tertiary/aromatic N) is 1. The molecule has 0 aliphatic heterocycles.